The minimum absolute atomic E-state index is 0.00117. The smallest absolute Gasteiger partial charge is 0.253 e. The molecule has 2 rings (SSSR count). The highest BCUT2D eigenvalue weighted by Gasteiger charge is 2.29. The molecule has 18 heavy (non-hydrogen) atoms. The summed E-state index contributed by atoms with van der Waals surface area (Å²) in [7, 11) is 1.75. The van der Waals surface area contributed by atoms with Gasteiger partial charge in [-0.15, -0.1) is 11.6 Å². The number of carbonyl (C=O) groups excluding carboxylic acids is 1. The molecule has 2 atom stereocenters. The Labute approximate surface area is 112 Å². The zero-order valence-corrected chi connectivity index (χ0v) is 11.2. The molecule has 1 aromatic rings. The first-order valence-electron chi connectivity index (χ1n) is 6.26. The first kappa shape index (κ1) is 13.3. The molecule has 0 N–H and O–H groups in total. The molecule has 2 nitrogen and oxygen atoms in total. The Hall–Kier alpha value is -1.09. The van der Waals surface area contributed by atoms with Crippen molar-refractivity contribution in [2.45, 2.75) is 37.1 Å². The normalized spacial score (nSPS) is 23.7. The summed E-state index contributed by atoms with van der Waals surface area (Å²) in [4.78, 5) is 13.9. The second-order valence-electron chi connectivity index (χ2n) is 4.79. The Bertz CT molecular complexity index is 438. The van der Waals surface area contributed by atoms with Gasteiger partial charge < -0.3 is 4.90 Å². The van der Waals surface area contributed by atoms with Crippen molar-refractivity contribution in [1.29, 1.82) is 0 Å². The Morgan fingerprint density at radius 3 is 2.78 bits per heavy atom. The summed E-state index contributed by atoms with van der Waals surface area (Å²) < 4.78 is 13.1. The quantitative estimate of drug-likeness (QED) is 0.753. The van der Waals surface area contributed by atoms with Crippen LogP contribution in [-0.2, 0) is 0 Å². The maximum Gasteiger partial charge on any atom is 0.253 e. The van der Waals surface area contributed by atoms with E-state index in [0.717, 1.165) is 25.7 Å². The fraction of sp³-hybridized carbons (Fsp3) is 0.500. The molecule has 0 spiro atoms. The maximum absolute atomic E-state index is 13.1. The lowest BCUT2D eigenvalue weighted by molar-refractivity contribution is 0.0700. The standard InChI is InChI=1S/C14H17ClFNO/c1-17(13-8-3-2-7-12(13)15)14(18)10-5-4-6-11(16)9-10/h4-6,9,12-13H,2-3,7-8H2,1H3. The summed E-state index contributed by atoms with van der Waals surface area (Å²) in [6.07, 6.45) is 4.07. The van der Waals surface area contributed by atoms with Gasteiger partial charge in [0.25, 0.3) is 5.91 Å². The van der Waals surface area contributed by atoms with Crippen LogP contribution in [-0.4, -0.2) is 29.3 Å². The molecular weight excluding hydrogens is 253 g/mol. The minimum atomic E-state index is -0.389. The van der Waals surface area contributed by atoms with Crippen molar-refractivity contribution in [1.82, 2.24) is 4.90 Å². The SMILES string of the molecule is CN(C(=O)c1cccc(F)c1)C1CCCCC1Cl. The van der Waals surface area contributed by atoms with Crippen molar-refractivity contribution >= 4 is 17.5 Å². The van der Waals surface area contributed by atoms with Gasteiger partial charge >= 0.3 is 0 Å². The Morgan fingerprint density at radius 1 is 1.39 bits per heavy atom. The average Bonchev–Trinajstić information content (AvgIpc) is 2.37. The molecule has 0 aromatic heterocycles. The van der Waals surface area contributed by atoms with Crippen LogP contribution in [0.4, 0.5) is 4.39 Å². The summed E-state index contributed by atoms with van der Waals surface area (Å²) in [5, 5.41) is 0.00117. The highest BCUT2D eigenvalue weighted by atomic mass is 35.5. The average molecular weight is 270 g/mol. The van der Waals surface area contributed by atoms with Crippen LogP contribution in [0.15, 0.2) is 24.3 Å². The van der Waals surface area contributed by atoms with E-state index in [2.05, 4.69) is 0 Å². The molecule has 1 aliphatic rings. The predicted octanol–water partition coefficient (Wildman–Crippen LogP) is 3.45. The van der Waals surface area contributed by atoms with E-state index in [1.165, 1.54) is 12.1 Å². The van der Waals surface area contributed by atoms with Crippen LogP contribution in [0.25, 0.3) is 0 Å². The van der Waals surface area contributed by atoms with Crippen molar-refractivity contribution in [3.63, 3.8) is 0 Å². The molecule has 0 heterocycles. The number of hydrogen-bond acceptors (Lipinski definition) is 1. The van der Waals surface area contributed by atoms with Crippen LogP contribution in [0.2, 0.25) is 0 Å². The number of nitrogens with zero attached hydrogens (tertiary/aromatic N) is 1. The molecule has 0 saturated heterocycles. The van der Waals surface area contributed by atoms with Crippen LogP contribution in [0.1, 0.15) is 36.0 Å². The van der Waals surface area contributed by atoms with Crippen LogP contribution < -0.4 is 0 Å². The third-order valence-corrected chi connectivity index (χ3v) is 4.05. The molecule has 0 aliphatic heterocycles. The van der Waals surface area contributed by atoms with Crippen LogP contribution in [0.5, 0.6) is 0 Å². The lowest BCUT2D eigenvalue weighted by Crippen LogP contribution is -2.44. The van der Waals surface area contributed by atoms with Crippen LogP contribution >= 0.6 is 11.6 Å². The van der Waals surface area contributed by atoms with Gasteiger partial charge in [-0.2, -0.15) is 0 Å². The molecule has 0 radical (unpaired) electrons. The summed E-state index contributed by atoms with van der Waals surface area (Å²) >= 11 is 6.27. The van der Waals surface area contributed by atoms with E-state index in [0.29, 0.717) is 5.56 Å². The van der Waals surface area contributed by atoms with Gasteiger partial charge in [0.05, 0.1) is 5.38 Å². The zero-order valence-electron chi connectivity index (χ0n) is 10.4. The zero-order chi connectivity index (χ0) is 13.1. The van der Waals surface area contributed by atoms with Gasteiger partial charge in [-0.05, 0) is 31.0 Å². The summed E-state index contributed by atoms with van der Waals surface area (Å²) in [5.74, 6) is -0.549. The second kappa shape index (κ2) is 5.70. The van der Waals surface area contributed by atoms with Gasteiger partial charge in [0.1, 0.15) is 5.82 Å². The van der Waals surface area contributed by atoms with Gasteiger partial charge in [0, 0.05) is 18.7 Å². The van der Waals surface area contributed by atoms with E-state index in [1.54, 1.807) is 24.1 Å². The van der Waals surface area contributed by atoms with E-state index in [1.807, 2.05) is 0 Å². The summed E-state index contributed by atoms with van der Waals surface area (Å²) in [6, 6.07) is 5.84. The van der Waals surface area contributed by atoms with Gasteiger partial charge in [0.15, 0.2) is 0 Å². The topological polar surface area (TPSA) is 20.3 Å². The third kappa shape index (κ3) is 2.83. The lowest BCUT2D eigenvalue weighted by Gasteiger charge is -2.35. The minimum Gasteiger partial charge on any atom is -0.337 e. The number of alkyl halides is 1. The number of benzene rings is 1. The third-order valence-electron chi connectivity index (χ3n) is 3.54. The molecule has 0 bridgehead atoms. The van der Waals surface area contributed by atoms with Crippen LogP contribution in [0.3, 0.4) is 0 Å². The Balaban J connectivity index is 2.13. The molecular formula is C14H17ClFNO. The highest BCUT2D eigenvalue weighted by molar-refractivity contribution is 6.21. The number of carbonyl (C=O) groups is 1. The molecule has 1 aromatic carbocycles. The van der Waals surface area contributed by atoms with Gasteiger partial charge in [0.2, 0.25) is 0 Å². The largest absolute Gasteiger partial charge is 0.337 e. The molecule has 4 heteroatoms. The highest BCUT2D eigenvalue weighted by Crippen LogP contribution is 2.27. The number of rotatable bonds is 2. The number of hydrogen-bond donors (Lipinski definition) is 0. The van der Waals surface area contributed by atoms with Crippen molar-refractivity contribution in [2.75, 3.05) is 7.05 Å². The molecule has 1 saturated carbocycles. The first-order chi connectivity index (χ1) is 8.59. The molecule has 2 unspecified atom stereocenters. The van der Waals surface area contributed by atoms with Crippen LogP contribution in [0, 0.1) is 5.82 Å². The molecule has 1 fully saturated rings. The molecule has 98 valence electrons. The van der Waals surface area contributed by atoms with Crippen molar-refractivity contribution in [3.8, 4) is 0 Å². The van der Waals surface area contributed by atoms with E-state index in [-0.39, 0.29) is 23.1 Å². The Kier molecular flexibility index (Phi) is 4.23. The fourth-order valence-corrected chi connectivity index (χ4v) is 2.93. The molecule has 1 aliphatic carbocycles. The number of halogens is 2. The summed E-state index contributed by atoms with van der Waals surface area (Å²) in [5.41, 5.74) is 0.381. The lowest BCUT2D eigenvalue weighted by atomic mass is 9.93. The monoisotopic (exact) mass is 269 g/mol. The summed E-state index contributed by atoms with van der Waals surface area (Å²) in [6.45, 7) is 0. The van der Waals surface area contributed by atoms with Gasteiger partial charge in [-0.1, -0.05) is 18.9 Å². The van der Waals surface area contributed by atoms with Crippen molar-refractivity contribution in [2.24, 2.45) is 0 Å². The number of amides is 1. The maximum atomic E-state index is 13.1. The predicted molar refractivity (Wildman–Crippen MR) is 70.4 cm³/mol. The Morgan fingerprint density at radius 2 is 2.11 bits per heavy atom. The van der Waals surface area contributed by atoms with Crippen molar-refractivity contribution in [3.05, 3.63) is 35.6 Å². The van der Waals surface area contributed by atoms with E-state index in [4.69, 9.17) is 11.6 Å². The van der Waals surface area contributed by atoms with Gasteiger partial charge in [-0.3, -0.25) is 4.79 Å². The second-order valence-corrected chi connectivity index (χ2v) is 5.35. The van der Waals surface area contributed by atoms with Gasteiger partial charge in [-0.25, -0.2) is 4.39 Å². The van der Waals surface area contributed by atoms with Crippen molar-refractivity contribution < 1.29 is 9.18 Å². The van der Waals surface area contributed by atoms with E-state index >= 15 is 0 Å². The van der Waals surface area contributed by atoms with E-state index < -0.39 is 0 Å². The molecule has 1 amide bonds. The van der Waals surface area contributed by atoms with E-state index in [9.17, 15) is 9.18 Å². The first-order valence-corrected chi connectivity index (χ1v) is 6.70. The fourth-order valence-electron chi connectivity index (χ4n) is 2.48.